The van der Waals surface area contributed by atoms with Gasteiger partial charge in [-0.1, -0.05) is 0 Å². The van der Waals surface area contributed by atoms with Crippen molar-refractivity contribution in [3.05, 3.63) is 45.7 Å². The highest BCUT2D eigenvalue weighted by molar-refractivity contribution is 9.10. The van der Waals surface area contributed by atoms with Gasteiger partial charge in [0.05, 0.1) is 16.4 Å². The van der Waals surface area contributed by atoms with Crippen molar-refractivity contribution >= 4 is 21.6 Å². The maximum atomic E-state index is 13.5. The summed E-state index contributed by atoms with van der Waals surface area (Å²) in [6, 6.07) is 2.24. The van der Waals surface area contributed by atoms with Gasteiger partial charge in [0.25, 0.3) is 0 Å². The number of anilines is 1. The van der Waals surface area contributed by atoms with Crippen LogP contribution in [0.25, 0.3) is 0 Å². The molecule has 0 spiro atoms. The van der Waals surface area contributed by atoms with Gasteiger partial charge < -0.3 is 5.32 Å². The first kappa shape index (κ1) is 13.0. The molecule has 2 rings (SSSR count). The summed E-state index contributed by atoms with van der Waals surface area (Å²) >= 11 is 3.03. The van der Waals surface area contributed by atoms with E-state index in [0.29, 0.717) is 6.54 Å². The monoisotopic (exact) mass is 315 g/mol. The number of aryl methyl sites for hydroxylation is 1. The average Bonchev–Trinajstić information content (AvgIpc) is 2.63. The average molecular weight is 316 g/mol. The minimum atomic E-state index is -0.615. The summed E-state index contributed by atoms with van der Waals surface area (Å²) in [7, 11) is 1.84. The molecule has 18 heavy (non-hydrogen) atoms. The molecule has 0 amide bonds. The number of halogens is 3. The lowest BCUT2D eigenvalue weighted by molar-refractivity contribution is 0.580. The summed E-state index contributed by atoms with van der Waals surface area (Å²) in [5, 5.41) is 7.02. The van der Waals surface area contributed by atoms with Gasteiger partial charge in [-0.3, -0.25) is 4.68 Å². The minimum absolute atomic E-state index is 0.231. The van der Waals surface area contributed by atoms with Gasteiger partial charge in [0, 0.05) is 30.9 Å². The Bertz CT molecular complexity index is 581. The van der Waals surface area contributed by atoms with Crippen LogP contribution in [0.4, 0.5) is 14.5 Å². The number of nitrogens with zero attached hydrogens (tertiary/aromatic N) is 2. The first-order chi connectivity index (χ1) is 8.49. The van der Waals surface area contributed by atoms with E-state index in [1.165, 1.54) is 6.07 Å². The van der Waals surface area contributed by atoms with E-state index in [1.807, 2.05) is 14.0 Å². The summed E-state index contributed by atoms with van der Waals surface area (Å²) in [5.74, 6) is -1.23. The van der Waals surface area contributed by atoms with E-state index in [-0.39, 0.29) is 10.2 Å². The largest absolute Gasteiger partial charge is 0.378 e. The van der Waals surface area contributed by atoms with E-state index in [2.05, 4.69) is 26.3 Å². The molecule has 0 bridgehead atoms. The van der Waals surface area contributed by atoms with Crippen LogP contribution in [-0.4, -0.2) is 9.78 Å². The zero-order valence-corrected chi connectivity index (χ0v) is 11.6. The Morgan fingerprint density at radius 3 is 2.67 bits per heavy atom. The molecule has 2 aromatic rings. The van der Waals surface area contributed by atoms with Crippen molar-refractivity contribution in [3.63, 3.8) is 0 Å². The van der Waals surface area contributed by atoms with Crippen LogP contribution in [0, 0.1) is 18.6 Å². The maximum absolute atomic E-state index is 13.5. The first-order valence-electron chi connectivity index (χ1n) is 5.35. The van der Waals surface area contributed by atoms with Crippen LogP contribution in [0.5, 0.6) is 0 Å². The van der Waals surface area contributed by atoms with Crippen molar-refractivity contribution in [2.24, 2.45) is 7.05 Å². The van der Waals surface area contributed by atoms with Gasteiger partial charge in [0.15, 0.2) is 0 Å². The van der Waals surface area contributed by atoms with Crippen molar-refractivity contribution in [2.75, 3.05) is 5.32 Å². The molecule has 0 aliphatic carbocycles. The van der Waals surface area contributed by atoms with E-state index in [9.17, 15) is 8.78 Å². The Kier molecular flexibility index (Phi) is 3.65. The molecule has 0 radical (unpaired) electrons. The van der Waals surface area contributed by atoms with Gasteiger partial charge in [-0.2, -0.15) is 5.10 Å². The molecule has 3 nitrogen and oxygen atoms in total. The minimum Gasteiger partial charge on any atom is -0.378 e. The molecular weight excluding hydrogens is 304 g/mol. The van der Waals surface area contributed by atoms with Crippen molar-refractivity contribution in [1.29, 1.82) is 0 Å². The van der Waals surface area contributed by atoms with Crippen LogP contribution < -0.4 is 5.32 Å². The Labute approximate surface area is 112 Å². The highest BCUT2D eigenvalue weighted by atomic mass is 79.9. The number of rotatable bonds is 3. The third kappa shape index (κ3) is 2.53. The lowest BCUT2D eigenvalue weighted by Crippen LogP contribution is -2.03. The van der Waals surface area contributed by atoms with Gasteiger partial charge in [0.1, 0.15) is 11.6 Å². The van der Waals surface area contributed by atoms with Crippen molar-refractivity contribution in [2.45, 2.75) is 13.5 Å². The van der Waals surface area contributed by atoms with Gasteiger partial charge in [0.2, 0.25) is 0 Å². The summed E-state index contributed by atoms with van der Waals surface area (Å²) < 4.78 is 28.5. The lowest BCUT2D eigenvalue weighted by Gasteiger charge is -2.08. The predicted octanol–water partition coefficient (Wildman–Crippen LogP) is 3.38. The van der Waals surface area contributed by atoms with Crippen molar-refractivity contribution in [3.8, 4) is 0 Å². The Balaban J connectivity index is 2.16. The molecule has 1 aromatic carbocycles. The summed E-state index contributed by atoms with van der Waals surface area (Å²) in [5.41, 5.74) is 2.23. The molecule has 0 saturated carbocycles. The van der Waals surface area contributed by atoms with Gasteiger partial charge in [-0.15, -0.1) is 0 Å². The maximum Gasteiger partial charge on any atom is 0.149 e. The van der Waals surface area contributed by atoms with Crippen LogP contribution >= 0.6 is 15.9 Å². The number of hydrogen-bond donors (Lipinski definition) is 1. The standard InChI is InChI=1S/C12H12BrF2N3/c1-7-8(6-17-18(7)2)5-16-12-3-9(13)10(14)4-11(12)15/h3-4,6,16H,5H2,1-2H3. The molecule has 0 aliphatic rings. The third-order valence-corrected chi connectivity index (χ3v) is 3.42. The number of nitrogens with one attached hydrogen (secondary N) is 1. The smallest absolute Gasteiger partial charge is 0.149 e. The highest BCUT2D eigenvalue weighted by Gasteiger charge is 2.09. The zero-order valence-electron chi connectivity index (χ0n) is 9.97. The SMILES string of the molecule is Cc1c(CNc2cc(Br)c(F)cc2F)cnn1C. The highest BCUT2D eigenvalue weighted by Crippen LogP contribution is 2.24. The first-order valence-corrected chi connectivity index (χ1v) is 6.14. The summed E-state index contributed by atoms with van der Waals surface area (Å²) in [6.45, 7) is 2.37. The number of hydrogen-bond acceptors (Lipinski definition) is 2. The normalized spacial score (nSPS) is 10.7. The third-order valence-electron chi connectivity index (χ3n) is 2.82. The van der Waals surface area contributed by atoms with Crippen LogP contribution in [0.15, 0.2) is 22.8 Å². The second kappa shape index (κ2) is 5.06. The fraction of sp³-hybridized carbons (Fsp3) is 0.250. The Morgan fingerprint density at radius 1 is 1.33 bits per heavy atom. The van der Waals surface area contributed by atoms with E-state index >= 15 is 0 Å². The molecule has 0 aliphatic heterocycles. The summed E-state index contributed by atoms with van der Waals surface area (Å²) in [6.07, 6.45) is 1.72. The van der Waals surface area contributed by atoms with Crippen LogP contribution in [-0.2, 0) is 13.6 Å². The molecule has 6 heteroatoms. The fourth-order valence-electron chi connectivity index (χ4n) is 1.57. The van der Waals surface area contributed by atoms with Crippen LogP contribution in [0.1, 0.15) is 11.3 Å². The molecule has 0 fully saturated rings. The molecule has 0 unspecified atom stereocenters. The molecule has 1 aromatic heterocycles. The van der Waals surface area contributed by atoms with Crippen molar-refractivity contribution in [1.82, 2.24) is 9.78 Å². The topological polar surface area (TPSA) is 29.9 Å². The molecule has 0 saturated heterocycles. The van der Waals surface area contributed by atoms with E-state index in [0.717, 1.165) is 17.3 Å². The van der Waals surface area contributed by atoms with E-state index < -0.39 is 11.6 Å². The van der Waals surface area contributed by atoms with Gasteiger partial charge >= 0.3 is 0 Å². The Hall–Kier alpha value is -1.43. The van der Waals surface area contributed by atoms with Crippen LogP contribution in [0.2, 0.25) is 0 Å². The fourth-order valence-corrected chi connectivity index (χ4v) is 1.91. The number of aromatic nitrogens is 2. The number of benzene rings is 1. The second-order valence-electron chi connectivity index (χ2n) is 3.98. The molecule has 1 heterocycles. The molecule has 0 atom stereocenters. The molecule has 96 valence electrons. The van der Waals surface area contributed by atoms with Crippen LogP contribution in [0.3, 0.4) is 0 Å². The van der Waals surface area contributed by atoms with E-state index in [4.69, 9.17) is 0 Å². The summed E-state index contributed by atoms with van der Waals surface area (Å²) in [4.78, 5) is 0. The van der Waals surface area contributed by atoms with E-state index in [1.54, 1.807) is 10.9 Å². The zero-order chi connectivity index (χ0) is 13.3. The second-order valence-corrected chi connectivity index (χ2v) is 4.83. The lowest BCUT2D eigenvalue weighted by atomic mass is 10.2. The molecule has 1 N–H and O–H groups in total. The quantitative estimate of drug-likeness (QED) is 0.880. The van der Waals surface area contributed by atoms with Gasteiger partial charge in [-0.25, -0.2) is 8.78 Å². The molecular formula is C12H12BrF2N3. The predicted molar refractivity (Wildman–Crippen MR) is 69.3 cm³/mol. The van der Waals surface area contributed by atoms with Gasteiger partial charge in [-0.05, 0) is 28.9 Å². The van der Waals surface area contributed by atoms with Crippen molar-refractivity contribution < 1.29 is 8.78 Å². The Morgan fingerprint density at radius 2 is 2.06 bits per heavy atom.